The van der Waals surface area contributed by atoms with Crippen LogP contribution in [0.4, 0.5) is 0 Å². The minimum Gasteiger partial charge on any atom is -0.458 e. The van der Waals surface area contributed by atoms with Crippen LogP contribution in [0.3, 0.4) is 0 Å². The highest BCUT2D eigenvalue weighted by molar-refractivity contribution is 5.89. The first-order valence-corrected chi connectivity index (χ1v) is 13.2. The number of ether oxygens (including phenoxy) is 2. The van der Waals surface area contributed by atoms with E-state index >= 15 is 0 Å². The molecule has 1 aliphatic carbocycles. The van der Waals surface area contributed by atoms with E-state index in [2.05, 4.69) is 38.1 Å². The van der Waals surface area contributed by atoms with Crippen molar-refractivity contribution in [1.82, 2.24) is 0 Å². The lowest BCUT2D eigenvalue weighted by atomic mass is 9.73. The molecule has 0 N–H and O–H groups in total. The number of hydrogen-bond donors (Lipinski definition) is 0. The van der Waals surface area contributed by atoms with Crippen LogP contribution in [0.5, 0.6) is 0 Å². The number of esters is 2. The Morgan fingerprint density at radius 3 is 2.25 bits per heavy atom. The zero-order valence-corrected chi connectivity index (χ0v) is 23.1. The molecule has 0 amide bonds. The monoisotopic (exact) mass is 494 g/mol. The van der Waals surface area contributed by atoms with E-state index in [0.29, 0.717) is 40.9 Å². The van der Waals surface area contributed by atoms with E-state index in [1.807, 2.05) is 53.1 Å². The molecule has 0 bridgehead atoms. The third-order valence-corrected chi connectivity index (χ3v) is 7.11. The van der Waals surface area contributed by atoms with Gasteiger partial charge in [0.25, 0.3) is 0 Å². The number of carbonyl (C=O) groups excluding carboxylic acids is 2. The Labute approximate surface area is 217 Å². The summed E-state index contributed by atoms with van der Waals surface area (Å²) in [6.45, 7) is 11.0. The van der Waals surface area contributed by atoms with Crippen LogP contribution in [0, 0.1) is 11.8 Å². The Kier molecular flexibility index (Phi) is 8.99. The van der Waals surface area contributed by atoms with Gasteiger partial charge in [-0.2, -0.15) is 0 Å². The van der Waals surface area contributed by atoms with E-state index in [0.717, 1.165) is 18.4 Å². The van der Waals surface area contributed by atoms with Gasteiger partial charge in [0, 0.05) is 11.5 Å². The maximum Gasteiger partial charge on any atom is 0.362 e. The van der Waals surface area contributed by atoms with Gasteiger partial charge in [-0.1, -0.05) is 62.7 Å². The molecule has 5 nitrogen and oxygen atoms in total. The molecule has 1 aliphatic rings. The predicted molar refractivity (Wildman–Crippen MR) is 144 cm³/mol. The van der Waals surface area contributed by atoms with Crippen molar-refractivity contribution in [2.24, 2.45) is 11.8 Å². The summed E-state index contributed by atoms with van der Waals surface area (Å²) in [6, 6.07) is 18.0. The van der Waals surface area contributed by atoms with Gasteiger partial charge < -0.3 is 14.0 Å². The van der Waals surface area contributed by atoms with Crippen LogP contribution >= 0.6 is 0 Å². The maximum absolute atomic E-state index is 13.1. The molecule has 0 heterocycles. The fourth-order valence-electron chi connectivity index (χ4n) is 5.25. The summed E-state index contributed by atoms with van der Waals surface area (Å²) in [4.78, 5) is 25.4. The SMILES string of the molecule is C[C@@H]1CC[C@@H]([C@H](C)c2ccccc2)[C@H](OC(=O)C[N+](C)(C)Cc2ccc(C(=O)OC(C)(C)C)cc2)C1. The van der Waals surface area contributed by atoms with Crippen molar-refractivity contribution < 1.29 is 23.5 Å². The summed E-state index contributed by atoms with van der Waals surface area (Å²) in [6.07, 6.45) is 3.13. The summed E-state index contributed by atoms with van der Waals surface area (Å²) in [5.74, 6) is 0.779. The molecule has 0 aromatic heterocycles. The smallest absolute Gasteiger partial charge is 0.362 e. The zero-order valence-electron chi connectivity index (χ0n) is 23.1. The van der Waals surface area contributed by atoms with E-state index < -0.39 is 5.60 Å². The minimum atomic E-state index is -0.525. The second kappa shape index (κ2) is 11.6. The van der Waals surface area contributed by atoms with Gasteiger partial charge in [-0.3, -0.25) is 0 Å². The normalized spacial score (nSPS) is 21.5. The molecular formula is C31H44NO4+. The zero-order chi connectivity index (χ0) is 26.5. The van der Waals surface area contributed by atoms with E-state index in [1.54, 1.807) is 12.1 Å². The first-order valence-electron chi connectivity index (χ1n) is 13.2. The van der Waals surface area contributed by atoms with Crippen LogP contribution in [0.1, 0.15) is 81.3 Å². The molecule has 1 saturated carbocycles. The van der Waals surface area contributed by atoms with Gasteiger partial charge in [-0.25, -0.2) is 9.59 Å². The molecule has 0 spiro atoms. The van der Waals surface area contributed by atoms with Crippen molar-refractivity contribution in [3.05, 3.63) is 71.3 Å². The second-order valence-electron chi connectivity index (χ2n) is 12.3. The highest BCUT2D eigenvalue weighted by atomic mass is 16.6. The minimum absolute atomic E-state index is 0.0513. The van der Waals surface area contributed by atoms with Crippen molar-refractivity contribution in [2.45, 2.75) is 78.0 Å². The summed E-state index contributed by atoms with van der Waals surface area (Å²) in [5.41, 5.74) is 2.37. The highest BCUT2D eigenvalue weighted by Gasteiger charge is 2.36. The third-order valence-electron chi connectivity index (χ3n) is 7.11. The average molecular weight is 495 g/mol. The van der Waals surface area contributed by atoms with E-state index in [1.165, 1.54) is 12.0 Å². The lowest BCUT2D eigenvalue weighted by molar-refractivity contribution is -0.896. The van der Waals surface area contributed by atoms with Gasteiger partial charge in [-0.15, -0.1) is 0 Å². The highest BCUT2D eigenvalue weighted by Crippen LogP contribution is 2.39. The van der Waals surface area contributed by atoms with Crippen LogP contribution < -0.4 is 0 Å². The van der Waals surface area contributed by atoms with Gasteiger partial charge in [0.15, 0.2) is 6.54 Å². The molecule has 3 rings (SSSR count). The van der Waals surface area contributed by atoms with Crippen molar-refractivity contribution in [3.8, 4) is 0 Å². The largest absolute Gasteiger partial charge is 0.458 e. The molecule has 1 fully saturated rings. The average Bonchev–Trinajstić information content (AvgIpc) is 2.78. The topological polar surface area (TPSA) is 52.6 Å². The number of hydrogen-bond acceptors (Lipinski definition) is 4. The quantitative estimate of drug-likeness (QED) is 0.316. The van der Waals surface area contributed by atoms with Crippen LogP contribution in [-0.2, 0) is 20.8 Å². The van der Waals surface area contributed by atoms with E-state index in [9.17, 15) is 9.59 Å². The maximum atomic E-state index is 13.1. The number of quaternary nitrogens is 1. The van der Waals surface area contributed by atoms with Gasteiger partial charge in [-0.05, 0) is 63.1 Å². The Balaban J connectivity index is 1.60. The first-order chi connectivity index (χ1) is 16.8. The second-order valence-corrected chi connectivity index (χ2v) is 12.3. The van der Waals surface area contributed by atoms with Crippen LogP contribution in [0.25, 0.3) is 0 Å². The molecule has 0 unspecified atom stereocenters. The summed E-state index contributed by atoms with van der Waals surface area (Å²) in [5, 5.41) is 0. The molecule has 5 heteroatoms. The number of benzene rings is 2. The van der Waals surface area contributed by atoms with Crippen LogP contribution in [0.15, 0.2) is 54.6 Å². The number of rotatable bonds is 8. The fraction of sp³-hybridized carbons (Fsp3) is 0.548. The Morgan fingerprint density at radius 1 is 1.00 bits per heavy atom. The summed E-state index contributed by atoms with van der Waals surface area (Å²) in [7, 11) is 4.08. The van der Waals surface area contributed by atoms with Crippen LogP contribution in [-0.4, -0.2) is 48.8 Å². The lowest BCUT2D eigenvalue weighted by Gasteiger charge is -2.38. The number of carbonyl (C=O) groups is 2. The molecule has 0 radical (unpaired) electrons. The standard InChI is InChI=1S/C31H44NO4/c1-22-13-18-27(23(2)25-11-9-8-10-12-25)28(19-22)35-29(33)21-32(6,7)20-24-14-16-26(17-15-24)30(34)36-31(3,4)5/h8-12,14-17,22-23,27-28H,13,18-21H2,1-7H3/q+1/t22-,23-,27+,28-/m1/s1. The molecule has 0 aliphatic heterocycles. The van der Waals surface area contributed by atoms with Gasteiger partial charge in [0.2, 0.25) is 0 Å². The molecule has 36 heavy (non-hydrogen) atoms. The molecule has 2 aromatic rings. The molecule has 196 valence electrons. The number of likely N-dealkylation sites (N-methyl/N-ethyl adjacent to an activating group) is 1. The Morgan fingerprint density at radius 2 is 1.64 bits per heavy atom. The lowest BCUT2D eigenvalue weighted by Crippen LogP contribution is -2.45. The van der Waals surface area contributed by atoms with E-state index in [-0.39, 0.29) is 18.0 Å². The summed E-state index contributed by atoms with van der Waals surface area (Å²) >= 11 is 0. The molecular weight excluding hydrogens is 450 g/mol. The predicted octanol–water partition coefficient (Wildman–Crippen LogP) is 6.37. The Hall–Kier alpha value is -2.66. The van der Waals surface area contributed by atoms with Gasteiger partial charge in [0.1, 0.15) is 18.2 Å². The van der Waals surface area contributed by atoms with Gasteiger partial charge in [0.05, 0.1) is 19.7 Å². The molecule has 0 saturated heterocycles. The van der Waals surface area contributed by atoms with Gasteiger partial charge >= 0.3 is 11.9 Å². The molecule has 2 aromatic carbocycles. The van der Waals surface area contributed by atoms with Crippen LogP contribution in [0.2, 0.25) is 0 Å². The fourth-order valence-corrected chi connectivity index (χ4v) is 5.25. The van der Waals surface area contributed by atoms with Crippen molar-refractivity contribution in [2.75, 3.05) is 20.6 Å². The number of nitrogens with zero attached hydrogens (tertiary/aromatic N) is 1. The van der Waals surface area contributed by atoms with Crippen molar-refractivity contribution in [1.29, 1.82) is 0 Å². The Bertz CT molecular complexity index is 1010. The summed E-state index contributed by atoms with van der Waals surface area (Å²) < 4.78 is 12.1. The third kappa shape index (κ3) is 8.19. The van der Waals surface area contributed by atoms with E-state index in [4.69, 9.17) is 9.47 Å². The van der Waals surface area contributed by atoms with Crippen molar-refractivity contribution in [3.63, 3.8) is 0 Å². The molecule has 4 atom stereocenters. The first kappa shape index (κ1) is 27.9. The van der Waals surface area contributed by atoms with Crippen molar-refractivity contribution >= 4 is 11.9 Å².